The first kappa shape index (κ1) is 10.5. The molecule has 0 saturated carbocycles. The summed E-state index contributed by atoms with van der Waals surface area (Å²) in [6.07, 6.45) is 0. The first-order valence-corrected chi connectivity index (χ1v) is 3.57. The Morgan fingerprint density at radius 3 is 2.18 bits per heavy atom. The van der Waals surface area contributed by atoms with Crippen LogP contribution in [0.5, 0.6) is 0 Å². The molecule has 1 N–H and O–H groups in total. The van der Waals surface area contributed by atoms with E-state index < -0.39 is 0 Å². The van der Waals surface area contributed by atoms with Crippen molar-refractivity contribution in [1.82, 2.24) is 5.32 Å². The minimum absolute atomic E-state index is 0. The zero-order valence-corrected chi connectivity index (χ0v) is 7.96. The zero-order chi connectivity index (χ0) is 7.40. The minimum Gasteiger partial charge on any atom is -0.313 e. The average molecular weight is 169 g/mol. The van der Waals surface area contributed by atoms with Gasteiger partial charge in [0.25, 0.3) is 0 Å². The van der Waals surface area contributed by atoms with Crippen LogP contribution in [0.4, 0.5) is 0 Å². The predicted octanol–water partition coefficient (Wildman–Crippen LogP) is 2.08. The van der Waals surface area contributed by atoms with Gasteiger partial charge in [-0.1, -0.05) is 30.3 Å². The highest BCUT2D eigenvalue weighted by molar-refractivity contribution is 7.59. The van der Waals surface area contributed by atoms with Crippen molar-refractivity contribution in [3.8, 4) is 0 Å². The summed E-state index contributed by atoms with van der Waals surface area (Å²) in [6.45, 7) is 2.15. The summed E-state index contributed by atoms with van der Waals surface area (Å²) in [7, 11) is 1.97. The predicted molar refractivity (Wildman–Crippen MR) is 54.3 cm³/mol. The van der Waals surface area contributed by atoms with Gasteiger partial charge in [0.15, 0.2) is 0 Å². The molecule has 0 aromatic heterocycles. The van der Waals surface area contributed by atoms with Crippen molar-refractivity contribution >= 4 is 13.5 Å². The smallest absolute Gasteiger partial charge is 0.0289 e. The second-order valence-electron chi connectivity index (χ2n) is 2.42. The van der Waals surface area contributed by atoms with Gasteiger partial charge in [-0.2, -0.15) is 13.5 Å². The van der Waals surface area contributed by atoms with Crippen molar-refractivity contribution in [2.24, 2.45) is 0 Å². The van der Waals surface area contributed by atoms with Crippen molar-refractivity contribution < 1.29 is 0 Å². The van der Waals surface area contributed by atoms with Crippen molar-refractivity contribution in [3.05, 3.63) is 35.9 Å². The van der Waals surface area contributed by atoms with Crippen molar-refractivity contribution in [1.29, 1.82) is 0 Å². The summed E-state index contributed by atoms with van der Waals surface area (Å²) in [4.78, 5) is 0. The molecule has 1 aromatic carbocycles. The first-order valence-electron chi connectivity index (χ1n) is 3.57. The molecule has 0 saturated heterocycles. The molecule has 62 valence electrons. The highest BCUT2D eigenvalue weighted by Gasteiger charge is 1.97. The van der Waals surface area contributed by atoms with Gasteiger partial charge in [-0.3, -0.25) is 0 Å². The van der Waals surface area contributed by atoms with E-state index in [9.17, 15) is 0 Å². The lowest BCUT2D eigenvalue weighted by Gasteiger charge is -2.08. The van der Waals surface area contributed by atoms with Crippen LogP contribution in [0, 0.1) is 0 Å². The fraction of sp³-hybridized carbons (Fsp3) is 0.333. The maximum Gasteiger partial charge on any atom is 0.0289 e. The van der Waals surface area contributed by atoms with Crippen LogP contribution in [0.15, 0.2) is 30.3 Å². The fourth-order valence-corrected chi connectivity index (χ4v) is 0.908. The molecule has 0 heterocycles. The molecule has 0 aliphatic carbocycles. The van der Waals surface area contributed by atoms with Gasteiger partial charge in [-0.15, -0.1) is 0 Å². The third-order valence-electron chi connectivity index (χ3n) is 1.73. The topological polar surface area (TPSA) is 12.0 Å². The molecular formula is C9H15NS. The molecule has 0 spiro atoms. The molecular weight excluding hydrogens is 154 g/mol. The molecule has 1 aromatic rings. The number of nitrogens with one attached hydrogen (secondary N) is 1. The van der Waals surface area contributed by atoms with Gasteiger partial charge in [-0.05, 0) is 19.5 Å². The van der Waals surface area contributed by atoms with E-state index in [1.165, 1.54) is 5.56 Å². The molecule has 2 heteroatoms. The summed E-state index contributed by atoms with van der Waals surface area (Å²) in [5, 5.41) is 3.18. The largest absolute Gasteiger partial charge is 0.313 e. The second-order valence-corrected chi connectivity index (χ2v) is 2.42. The standard InChI is InChI=1S/C9H13N.H2S/c1-8(10-2)9-6-4-3-5-7-9;/h3-8,10H,1-2H3;1H2/t8-;/m0./s1. The molecule has 0 radical (unpaired) electrons. The highest BCUT2D eigenvalue weighted by atomic mass is 32.1. The molecule has 0 bridgehead atoms. The molecule has 0 aliphatic rings. The molecule has 0 unspecified atom stereocenters. The van der Waals surface area contributed by atoms with E-state index in [0.29, 0.717) is 6.04 Å². The van der Waals surface area contributed by atoms with Gasteiger partial charge in [0.1, 0.15) is 0 Å². The van der Waals surface area contributed by atoms with Crippen LogP contribution in [0.2, 0.25) is 0 Å². The van der Waals surface area contributed by atoms with Crippen LogP contribution in [-0.4, -0.2) is 7.05 Å². The third-order valence-corrected chi connectivity index (χ3v) is 1.73. The summed E-state index contributed by atoms with van der Waals surface area (Å²) >= 11 is 0. The van der Waals surface area contributed by atoms with Crippen LogP contribution in [0.3, 0.4) is 0 Å². The Morgan fingerprint density at radius 2 is 1.73 bits per heavy atom. The molecule has 0 amide bonds. The average Bonchev–Trinajstić information content (AvgIpc) is 2.05. The SMILES string of the molecule is CN[C@@H](C)c1ccccc1.S. The number of rotatable bonds is 2. The second kappa shape index (κ2) is 5.22. The quantitative estimate of drug-likeness (QED) is 0.714. The van der Waals surface area contributed by atoms with E-state index in [1.807, 2.05) is 13.1 Å². The van der Waals surface area contributed by atoms with Crippen LogP contribution in [0.25, 0.3) is 0 Å². The van der Waals surface area contributed by atoms with Crippen molar-refractivity contribution in [2.75, 3.05) is 7.05 Å². The Bertz CT molecular complexity index is 186. The minimum atomic E-state index is 0. The number of hydrogen-bond donors (Lipinski definition) is 1. The monoisotopic (exact) mass is 169 g/mol. The van der Waals surface area contributed by atoms with E-state index in [-0.39, 0.29) is 13.5 Å². The summed E-state index contributed by atoms with van der Waals surface area (Å²) < 4.78 is 0. The number of hydrogen-bond acceptors (Lipinski definition) is 1. The first-order chi connectivity index (χ1) is 4.84. The van der Waals surface area contributed by atoms with Gasteiger partial charge >= 0.3 is 0 Å². The Hall–Kier alpha value is -0.470. The fourth-order valence-electron chi connectivity index (χ4n) is 0.908. The molecule has 0 aliphatic heterocycles. The Morgan fingerprint density at radius 1 is 1.18 bits per heavy atom. The summed E-state index contributed by atoms with van der Waals surface area (Å²) in [6, 6.07) is 10.9. The normalized spacial score (nSPS) is 11.8. The molecule has 1 atom stereocenters. The molecule has 0 fully saturated rings. The van der Waals surface area contributed by atoms with Gasteiger partial charge < -0.3 is 5.32 Å². The van der Waals surface area contributed by atoms with Crippen molar-refractivity contribution in [2.45, 2.75) is 13.0 Å². The van der Waals surface area contributed by atoms with Gasteiger partial charge in [0.2, 0.25) is 0 Å². The van der Waals surface area contributed by atoms with Crippen LogP contribution in [-0.2, 0) is 0 Å². The zero-order valence-electron chi connectivity index (χ0n) is 6.96. The molecule has 1 nitrogen and oxygen atoms in total. The van der Waals surface area contributed by atoms with Gasteiger partial charge in [0.05, 0.1) is 0 Å². The van der Waals surface area contributed by atoms with Gasteiger partial charge in [0, 0.05) is 6.04 Å². The van der Waals surface area contributed by atoms with E-state index in [0.717, 1.165) is 0 Å². The Labute approximate surface area is 75.3 Å². The highest BCUT2D eigenvalue weighted by Crippen LogP contribution is 2.09. The summed E-state index contributed by atoms with van der Waals surface area (Å²) in [5.41, 5.74) is 1.34. The molecule has 11 heavy (non-hydrogen) atoms. The number of benzene rings is 1. The Kier molecular flexibility index (Phi) is 4.99. The molecule has 1 rings (SSSR count). The lowest BCUT2D eigenvalue weighted by atomic mass is 10.1. The Balaban J connectivity index is 0.000001000. The van der Waals surface area contributed by atoms with E-state index >= 15 is 0 Å². The maximum absolute atomic E-state index is 3.18. The summed E-state index contributed by atoms with van der Waals surface area (Å²) in [5.74, 6) is 0. The van der Waals surface area contributed by atoms with Crippen LogP contribution in [0.1, 0.15) is 18.5 Å². The van der Waals surface area contributed by atoms with E-state index in [4.69, 9.17) is 0 Å². The van der Waals surface area contributed by atoms with Crippen LogP contribution >= 0.6 is 13.5 Å². The third kappa shape index (κ3) is 2.95. The van der Waals surface area contributed by atoms with Crippen LogP contribution < -0.4 is 5.32 Å². The van der Waals surface area contributed by atoms with E-state index in [2.05, 4.69) is 36.5 Å². The lowest BCUT2D eigenvalue weighted by molar-refractivity contribution is 0.652. The van der Waals surface area contributed by atoms with E-state index in [1.54, 1.807) is 0 Å². The van der Waals surface area contributed by atoms with Gasteiger partial charge in [-0.25, -0.2) is 0 Å². The maximum atomic E-state index is 3.18. The lowest BCUT2D eigenvalue weighted by Crippen LogP contribution is -2.11. The van der Waals surface area contributed by atoms with Crippen molar-refractivity contribution in [3.63, 3.8) is 0 Å².